The molecule has 0 aromatic rings. The summed E-state index contributed by atoms with van der Waals surface area (Å²) < 4.78 is 5.02. The summed E-state index contributed by atoms with van der Waals surface area (Å²) >= 11 is 5.79. The summed E-state index contributed by atoms with van der Waals surface area (Å²) in [5.74, 6) is -0.191. The fourth-order valence-corrected chi connectivity index (χ4v) is 2.14. The van der Waals surface area contributed by atoms with E-state index in [1.165, 1.54) is 0 Å². The van der Waals surface area contributed by atoms with Crippen molar-refractivity contribution in [2.75, 3.05) is 19.7 Å². The zero-order chi connectivity index (χ0) is 12.0. The molecular weight excluding hydrogens is 228 g/mol. The Hall–Kier alpha value is -0.790. The minimum Gasteiger partial charge on any atom is -0.465 e. The number of hydrogen-bond donors (Lipinski definition) is 0. The van der Waals surface area contributed by atoms with Gasteiger partial charge in [-0.3, -0.25) is 9.69 Å². The van der Waals surface area contributed by atoms with Crippen LogP contribution in [0.25, 0.3) is 0 Å². The predicted octanol–water partition coefficient (Wildman–Crippen LogP) is 1.53. The summed E-state index contributed by atoms with van der Waals surface area (Å²) in [5.41, 5.74) is 0. The molecule has 90 valence electrons. The third-order valence-corrected chi connectivity index (χ3v) is 2.94. The van der Waals surface area contributed by atoms with Gasteiger partial charge in [0.15, 0.2) is 0 Å². The number of ether oxygens (including phenoxy) is 1. The van der Waals surface area contributed by atoms with Crippen molar-refractivity contribution in [3.8, 4) is 6.07 Å². The van der Waals surface area contributed by atoms with Gasteiger partial charge in [0.05, 0.1) is 12.7 Å². The number of rotatable bonds is 4. The minimum atomic E-state index is -0.560. The molecule has 4 nitrogen and oxygen atoms in total. The second-order valence-corrected chi connectivity index (χ2v) is 4.38. The van der Waals surface area contributed by atoms with E-state index in [0.29, 0.717) is 13.2 Å². The molecule has 0 bridgehead atoms. The number of esters is 1. The topological polar surface area (TPSA) is 53.3 Å². The second kappa shape index (κ2) is 6.72. The minimum absolute atomic E-state index is 0.191. The number of nitriles is 1. The molecule has 1 fully saturated rings. The molecule has 1 heterocycles. The van der Waals surface area contributed by atoms with Gasteiger partial charge in [0.25, 0.3) is 0 Å². The summed E-state index contributed by atoms with van der Waals surface area (Å²) in [6, 6.07) is 1.76. The maximum Gasteiger partial charge on any atom is 0.323 e. The first-order valence-electron chi connectivity index (χ1n) is 5.63. The van der Waals surface area contributed by atoms with Crippen LogP contribution in [0.2, 0.25) is 0 Å². The van der Waals surface area contributed by atoms with E-state index in [0.717, 1.165) is 25.8 Å². The molecule has 5 heteroatoms. The van der Waals surface area contributed by atoms with Crippen LogP contribution in [0.4, 0.5) is 0 Å². The van der Waals surface area contributed by atoms with E-state index >= 15 is 0 Å². The van der Waals surface area contributed by atoms with Crippen LogP contribution in [0, 0.1) is 11.3 Å². The zero-order valence-electron chi connectivity index (χ0n) is 9.49. The third kappa shape index (κ3) is 3.66. The number of carbonyl (C=O) groups is 1. The van der Waals surface area contributed by atoms with Crippen LogP contribution < -0.4 is 0 Å². The van der Waals surface area contributed by atoms with Crippen molar-refractivity contribution in [2.24, 2.45) is 0 Å². The van der Waals surface area contributed by atoms with Gasteiger partial charge in [-0.05, 0) is 26.3 Å². The standard InChI is InChI=1S/C11H17ClN2O2/c1-2-16-11(15)10-5-3-4-6-14(10)8-9(12)7-13/h9-10H,2-6,8H2,1H3. The summed E-state index contributed by atoms with van der Waals surface area (Å²) in [4.78, 5) is 13.6. The van der Waals surface area contributed by atoms with Crippen molar-refractivity contribution in [3.05, 3.63) is 0 Å². The molecule has 0 radical (unpaired) electrons. The maximum absolute atomic E-state index is 11.7. The predicted molar refractivity (Wildman–Crippen MR) is 61.1 cm³/mol. The first kappa shape index (κ1) is 13.3. The highest BCUT2D eigenvalue weighted by Crippen LogP contribution is 2.19. The fraction of sp³-hybridized carbons (Fsp3) is 0.818. The molecule has 0 aliphatic carbocycles. The summed E-state index contributed by atoms with van der Waals surface area (Å²) in [7, 11) is 0. The van der Waals surface area contributed by atoms with Crippen LogP contribution in [0.3, 0.4) is 0 Å². The van der Waals surface area contributed by atoms with E-state index in [9.17, 15) is 4.79 Å². The quantitative estimate of drug-likeness (QED) is 0.556. The molecule has 0 aromatic heterocycles. The Morgan fingerprint density at radius 1 is 1.69 bits per heavy atom. The third-order valence-electron chi connectivity index (χ3n) is 2.71. The molecule has 1 aliphatic heterocycles. The van der Waals surface area contributed by atoms with Crippen LogP contribution in [0.1, 0.15) is 26.2 Å². The molecule has 2 unspecified atom stereocenters. The SMILES string of the molecule is CCOC(=O)C1CCCCN1CC(Cl)C#N. The van der Waals surface area contributed by atoms with Gasteiger partial charge in [-0.15, -0.1) is 11.6 Å². The second-order valence-electron chi connectivity index (χ2n) is 3.86. The maximum atomic E-state index is 11.7. The van der Waals surface area contributed by atoms with Crippen LogP contribution in [0.5, 0.6) is 0 Å². The van der Waals surface area contributed by atoms with Crippen LogP contribution in [0.15, 0.2) is 0 Å². The van der Waals surface area contributed by atoms with E-state index < -0.39 is 5.38 Å². The van der Waals surface area contributed by atoms with E-state index in [4.69, 9.17) is 21.6 Å². The number of carbonyl (C=O) groups excluding carboxylic acids is 1. The van der Waals surface area contributed by atoms with Gasteiger partial charge in [0.2, 0.25) is 0 Å². The van der Waals surface area contributed by atoms with Gasteiger partial charge in [0.1, 0.15) is 11.4 Å². The number of hydrogen-bond acceptors (Lipinski definition) is 4. The highest BCUT2D eigenvalue weighted by atomic mass is 35.5. The van der Waals surface area contributed by atoms with Gasteiger partial charge < -0.3 is 4.74 Å². The van der Waals surface area contributed by atoms with Crippen LogP contribution >= 0.6 is 11.6 Å². The van der Waals surface area contributed by atoms with Crippen molar-refractivity contribution in [3.63, 3.8) is 0 Å². The fourth-order valence-electron chi connectivity index (χ4n) is 1.96. The molecule has 0 N–H and O–H groups in total. The summed E-state index contributed by atoms with van der Waals surface area (Å²) in [5, 5.41) is 8.11. The summed E-state index contributed by atoms with van der Waals surface area (Å²) in [6.45, 7) is 3.44. The first-order valence-corrected chi connectivity index (χ1v) is 6.07. The van der Waals surface area contributed by atoms with Crippen molar-refractivity contribution >= 4 is 17.6 Å². The van der Waals surface area contributed by atoms with E-state index in [1.807, 2.05) is 11.0 Å². The molecule has 16 heavy (non-hydrogen) atoms. The highest BCUT2D eigenvalue weighted by molar-refractivity contribution is 6.22. The Kier molecular flexibility index (Phi) is 5.58. The van der Waals surface area contributed by atoms with E-state index in [1.54, 1.807) is 6.92 Å². The lowest BCUT2D eigenvalue weighted by Gasteiger charge is -2.34. The molecule has 2 atom stereocenters. The number of halogens is 1. The number of alkyl halides is 1. The van der Waals surface area contributed by atoms with Crippen molar-refractivity contribution in [1.82, 2.24) is 4.90 Å². The molecule has 0 saturated carbocycles. The van der Waals surface area contributed by atoms with E-state index in [2.05, 4.69) is 0 Å². The Morgan fingerprint density at radius 2 is 2.44 bits per heavy atom. The first-order chi connectivity index (χ1) is 7.69. The molecule has 1 aliphatic rings. The van der Waals surface area contributed by atoms with Gasteiger partial charge in [-0.1, -0.05) is 6.42 Å². The lowest BCUT2D eigenvalue weighted by Crippen LogP contribution is -2.47. The van der Waals surface area contributed by atoms with Crippen LogP contribution in [-0.4, -0.2) is 42.0 Å². The van der Waals surface area contributed by atoms with Gasteiger partial charge in [-0.25, -0.2) is 0 Å². The van der Waals surface area contributed by atoms with Crippen molar-refractivity contribution in [2.45, 2.75) is 37.6 Å². The molecule has 0 amide bonds. The zero-order valence-corrected chi connectivity index (χ0v) is 10.2. The van der Waals surface area contributed by atoms with Gasteiger partial charge in [0, 0.05) is 6.54 Å². The molecule has 0 spiro atoms. The van der Waals surface area contributed by atoms with Gasteiger partial charge in [-0.2, -0.15) is 5.26 Å². The molecule has 0 aromatic carbocycles. The lowest BCUT2D eigenvalue weighted by atomic mass is 10.0. The largest absolute Gasteiger partial charge is 0.465 e. The van der Waals surface area contributed by atoms with Crippen molar-refractivity contribution < 1.29 is 9.53 Å². The molecular formula is C11H17ClN2O2. The Morgan fingerprint density at radius 3 is 3.06 bits per heavy atom. The average molecular weight is 245 g/mol. The smallest absolute Gasteiger partial charge is 0.323 e. The van der Waals surface area contributed by atoms with Crippen LogP contribution in [-0.2, 0) is 9.53 Å². The lowest BCUT2D eigenvalue weighted by molar-refractivity contribution is -0.150. The molecule has 1 rings (SSSR count). The Bertz CT molecular complexity index is 278. The normalized spacial score (nSPS) is 23.4. The Balaban J connectivity index is 2.57. The number of nitrogens with zero attached hydrogens (tertiary/aromatic N) is 2. The average Bonchev–Trinajstić information content (AvgIpc) is 2.30. The number of likely N-dealkylation sites (tertiary alicyclic amines) is 1. The van der Waals surface area contributed by atoms with Crippen molar-refractivity contribution in [1.29, 1.82) is 5.26 Å². The van der Waals surface area contributed by atoms with E-state index in [-0.39, 0.29) is 12.0 Å². The summed E-state index contributed by atoms with van der Waals surface area (Å²) in [6.07, 6.45) is 2.87. The van der Waals surface area contributed by atoms with Gasteiger partial charge >= 0.3 is 5.97 Å². The number of piperidine rings is 1. The molecule has 1 saturated heterocycles. The highest BCUT2D eigenvalue weighted by Gasteiger charge is 2.30. The Labute approximate surface area is 101 Å². The monoisotopic (exact) mass is 244 g/mol.